The van der Waals surface area contributed by atoms with Crippen LogP contribution in [-0.2, 0) is 6.18 Å². The van der Waals surface area contributed by atoms with Crippen LogP contribution in [-0.4, -0.2) is 6.54 Å². The molecular formula is C10H9ClF3N. The van der Waals surface area contributed by atoms with Crippen molar-refractivity contribution >= 4 is 12.4 Å². The fourth-order valence-corrected chi connectivity index (χ4v) is 0.896. The van der Waals surface area contributed by atoms with Crippen LogP contribution < -0.4 is 5.73 Å². The van der Waals surface area contributed by atoms with Crippen LogP contribution in [0.1, 0.15) is 11.1 Å². The van der Waals surface area contributed by atoms with Crippen LogP contribution in [0.4, 0.5) is 13.2 Å². The van der Waals surface area contributed by atoms with Crippen LogP contribution in [0.25, 0.3) is 0 Å². The van der Waals surface area contributed by atoms with E-state index in [1.165, 1.54) is 12.1 Å². The predicted octanol–water partition coefficient (Wildman–Crippen LogP) is 2.44. The first kappa shape index (κ1) is 13.8. The molecule has 82 valence electrons. The van der Waals surface area contributed by atoms with Gasteiger partial charge in [0.05, 0.1) is 12.1 Å². The fourth-order valence-electron chi connectivity index (χ4n) is 0.896. The summed E-state index contributed by atoms with van der Waals surface area (Å²) in [4.78, 5) is 0. The summed E-state index contributed by atoms with van der Waals surface area (Å²) in [6.45, 7) is 0.195. The van der Waals surface area contributed by atoms with E-state index in [0.717, 1.165) is 12.1 Å². The minimum Gasteiger partial charge on any atom is -0.320 e. The van der Waals surface area contributed by atoms with Crippen molar-refractivity contribution in [2.75, 3.05) is 6.54 Å². The number of nitrogens with two attached hydrogens (primary N) is 1. The predicted molar refractivity (Wildman–Crippen MR) is 54.6 cm³/mol. The molecule has 0 bridgehead atoms. The Morgan fingerprint density at radius 1 is 1.13 bits per heavy atom. The molecule has 0 atom stereocenters. The Kier molecular flexibility index (Phi) is 5.20. The van der Waals surface area contributed by atoms with Gasteiger partial charge in [-0.15, -0.1) is 12.4 Å². The van der Waals surface area contributed by atoms with Crippen LogP contribution in [0, 0.1) is 11.8 Å². The van der Waals surface area contributed by atoms with Crippen molar-refractivity contribution in [3.63, 3.8) is 0 Å². The van der Waals surface area contributed by atoms with Crippen molar-refractivity contribution in [1.29, 1.82) is 0 Å². The Morgan fingerprint density at radius 3 is 2.07 bits per heavy atom. The minimum absolute atomic E-state index is 0. The SMILES string of the molecule is Cl.NCC#Cc1ccc(C(F)(F)F)cc1. The van der Waals surface area contributed by atoms with Gasteiger partial charge < -0.3 is 5.73 Å². The summed E-state index contributed by atoms with van der Waals surface area (Å²) in [5.74, 6) is 5.20. The molecule has 15 heavy (non-hydrogen) atoms. The number of halogens is 4. The van der Waals surface area contributed by atoms with Crippen molar-refractivity contribution in [3.8, 4) is 11.8 Å². The van der Waals surface area contributed by atoms with E-state index in [9.17, 15) is 13.2 Å². The van der Waals surface area contributed by atoms with Crippen molar-refractivity contribution in [2.45, 2.75) is 6.18 Å². The molecule has 0 saturated carbocycles. The normalized spacial score (nSPS) is 9.87. The summed E-state index contributed by atoms with van der Waals surface area (Å²) in [5, 5.41) is 0. The van der Waals surface area contributed by atoms with Gasteiger partial charge >= 0.3 is 6.18 Å². The molecule has 1 rings (SSSR count). The highest BCUT2D eigenvalue weighted by molar-refractivity contribution is 5.85. The van der Waals surface area contributed by atoms with Gasteiger partial charge in [0.25, 0.3) is 0 Å². The highest BCUT2D eigenvalue weighted by Gasteiger charge is 2.29. The first-order chi connectivity index (χ1) is 6.54. The zero-order chi connectivity index (χ0) is 10.6. The first-order valence-electron chi connectivity index (χ1n) is 3.90. The molecule has 0 heterocycles. The van der Waals surface area contributed by atoms with Crippen molar-refractivity contribution < 1.29 is 13.2 Å². The quantitative estimate of drug-likeness (QED) is 0.687. The zero-order valence-corrected chi connectivity index (χ0v) is 8.45. The number of alkyl halides is 3. The minimum atomic E-state index is -4.29. The van der Waals surface area contributed by atoms with Gasteiger partial charge in [-0.2, -0.15) is 13.2 Å². The van der Waals surface area contributed by atoms with Gasteiger partial charge in [-0.05, 0) is 24.3 Å². The molecule has 1 aromatic rings. The molecule has 0 aliphatic rings. The number of hydrogen-bond donors (Lipinski definition) is 1. The van der Waals surface area contributed by atoms with Crippen LogP contribution in [0.5, 0.6) is 0 Å². The van der Waals surface area contributed by atoms with Crippen molar-refractivity contribution in [1.82, 2.24) is 0 Å². The third-order valence-electron chi connectivity index (χ3n) is 1.55. The Labute approximate surface area is 91.9 Å². The molecule has 5 heteroatoms. The van der Waals surface area contributed by atoms with Gasteiger partial charge in [0.2, 0.25) is 0 Å². The van der Waals surface area contributed by atoms with Crippen LogP contribution in [0.15, 0.2) is 24.3 Å². The lowest BCUT2D eigenvalue weighted by molar-refractivity contribution is -0.137. The number of benzene rings is 1. The van der Waals surface area contributed by atoms with Gasteiger partial charge in [-0.3, -0.25) is 0 Å². The zero-order valence-electron chi connectivity index (χ0n) is 7.64. The lowest BCUT2D eigenvalue weighted by Gasteiger charge is -2.05. The number of hydrogen-bond acceptors (Lipinski definition) is 1. The van der Waals surface area contributed by atoms with Crippen LogP contribution >= 0.6 is 12.4 Å². The Bertz CT molecular complexity index is 359. The molecule has 0 aromatic heterocycles. The third kappa shape index (κ3) is 4.24. The van der Waals surface area contributed by atoms with E-state index in [0.29, 0.717) is 5.56 Å². The van der Waals surface area contributed by atoms with E-state index in [-0.39, 0.29) is 19.0 Å². The summed E-state index contributed by atoms with van der Waals surface area (Å²) in [6, 6.07) is 4.65. The summed E-state index contributed by atoms with van der Waals surface area (Å²) in [7, 11) is 0. The second-order valence-corrected chi connectivity index (χ2v) is 2.58. The fraction of sp³-hybridized carbons (Fsp3) is 0.200. The van der Waals surface area contributed by atoms with E-state index in [1.54, 1.807) is 0 Å². The van der Waals surface area contributed by atoms with E-state index < -0.39 is 11.7 Å². The second kappa shape index (κ2) is 5.64. The van der Waals surface area contributed by atoms with Crippen molar-refractivity contribution in [2.24, 2.45) is 5.73 Å². The molecule has 0 fully saturated rings. The molecule has 2 N–H and O–H groups in total. The largest absolute Gasteiger partial charge is 0.416 e. The Morgan fingerprint density at radius 2 is 1.67 bits per heavy atom. The molecular weight excluding hydrogens is 227 g/mol. The van der Waals surface area contributed by atoms with Gasteiger partial charge in [0.15, 0.2) is 0 Å². The van der Waals surface area contributed by atoms with Crippen LogP contribution in [0.2, 0.25) is 0 Å². The summed E-state index contributed by atoms with van der Waals surface area (Å²) < 4.78 is 36.3. The summed E-state index contributed by atoms with van der Waals surface area (Å²) >= 11 is 0. The Hall–Kier alpha value is -1.18. The second-order valence-electron chi connectivity index (χ2n) is 2.58. The molecule has 0 amide bonds. The van der Waals surface area contributed by atoms with Gasteiger partial charge in [0, 0.05) is 5.56 Å². The molecule has 0 aliphatic heterocycles. The molecule has 1 nitrogen and oxygen atoms in total. The maximum absolute atomic E-state index is 12.1. The third-order valence-corrected chi connectivity index (χ3v) is 1.55. The monoisotopic (exact) mass is 235 g/mol. The lowest BCUT2D eigenvalue weighted by atomic mass is 10.1. The highest BCUT2D eigenvalue weighted by atomic mass is 35.5. The van der Waals surface area contributed by atoms with Crippen LogP contribution in [0.3, 0.4) is 0 Å². The summed E-state index contributed by atoms with van der Waals surface area (Å²) in [5.41, 5.74) is 4.98. The maximum Gasteiger partial charge on any atom is 0.416 e. The van der Waals surface area contributed by atoms with Gasteiger partial charge in [-0.25, -0.2) is 0 Å². The maximum atomic E-state index is 12.1. The molecule has 0 saturated heterocycles. The molecule has 0 unspecified atom stereocenters. The van der Waals surface area contributed by atoms with E-state index in [4.69, 9.17) is 5.73 Å². The average molecular weight is 236 g/mol. The van der Waals surface area contributed by atoms with E-state index in [2.05, 4.69) is 11.8 Å². The Balaban J connectivity index is 0.00000196. The average Bonchev–Trinajstić information content (AvgIpc) is 2.14. The molecule has 0 aliphatic carbocycles. The molecule has 0 spiro atoms. The lowest BCUT2D eigenvalue weighted by Crippen LogP contribution is -2.04. The molecule has 1 aromatic carbocycles. The smallest absolute Gasteiger partial charge is 0.320 e. The van der Waals surface area contributed by atoms with E-state index in [1.807, 2.05) is 0 Å². The van der Waals surface area contributed by atoms with Gasteiger partial charge in [-0.1, -0.05) is 11.8 Å². The standard InChI is InChI=1S/C10H8F3N.ClH/c11-10(12,13)9-5-3-8(4-6-9)2-1-7-14;/h3-6H,7,14H2;1H. The van der Waals surface area contributed by atoms with Crippen molar-refractivity contribution in [3.05, 3.63) is 35.4 Å². The highest BCUT2D eigenvalue weighted by Crippen LogP contribution is 2.28. The van der Waals surface area contributed by atoms with E-state index >= 15 is 0 Å². The molecule has 0 radical (unpaired) electrons. The number of rotatable bonds is 0. The summed E-state index contributed by atoms with van der Waals surface area (Å²) in [6.07, 6.45) is -4.29. The first-order valence-corrected chi connectivity index (χ1v) is 3.90. The topological polar surface area (TPSA) is 26.0 Å². The van der Waals surface area contributed by atoms with Gasteiger partial charge in [0.1, 0.15) is 0 Å².